The monoisotopic (exact) mass is 367 g/mol. The fourth-order valence-corrected chi connectivity index (χ4v) is 1.81. The maximum Gasteiger partial charge on any atom is 0.191 e. The van der Waals surface area contributed by atoms with E-state index in [4.69, 9.17) is 10.5 Å². The van der Waals surface area contributed by atoms with Crippen molar-refractivity contribution < 1.29 is 4.74 Å². The number of hydrogen-bond acceptors (Lipinski definition) is 2. The molecule has 0 radical (unpaired) electrons. The Morgan fingerprint density at radius 2 is 2.06 bits per heavy atom. The molecule has 18 heavy (non-hydrogen) atoms. The lowest BCUT2D eigenvalue weighted by molar-refractivity contribution is 0.164. The first-order chi connectivity index (χ1) is 8.09. The summed E-state index contributed by atoms with van der Waals surface area (Å²) in [5, 5.41) is 0. The average Bonchev–Trinajstić information content (AvgIpc) is 2.29. The molecule has 0 bridgehead atoms. The minimum Gasteiger partial charge on any atom is -0.375 e. The van der Waals surface area contributed by atoms with Crippen molar-refractivity contribution in [3.05, 3.63) is 12.2 Å². The van der Waals surface area contributed by atoms with Crippen molar-refractivity contribution in [2.45, 2.75) is 26.7 Å². The lowest BCUT2D eigenvalue weighted by Gasteiger charge is -2.31. The predicted molar refractivity (Wildman–Crippen MR) is 87.5 cm³/mol. The molecule has 0 aliphatic carbocycles. The molecule has 4 nitrogen and oxygen atoms in total. The predicted octanol–water partition coefficient (Wildman–Crippen LogP) is 2.24. The summed E-state index contributed by atoms with van der Waals surface area (Å²) in [6.45, 7) is 11.9. The summed E-state index contributed by atoms with van der Waals surface area (Å²) in [5.74, 6) is 1.48. The van der Waals surface area contributed by atoms with Crippen molar-refractivity contribution >= 4 is 29.9 Å². The maximum atomic E-state index is 5.94. The molecule has 1 fully saturated rings. The van der Waals surface area contributed by atoms with E-state index in [9.17, 15) is 0 Å². The molecule has 1 aliphatic heterocycles. The summed E-state index contributed by atoms with van der Waals surface area (Å²) >= 11 is 0. The Morgan fingerprint density at radius 3 is 2.61 bits per heavy atom. The summed E-state index contributed by atoms with van der Waals surface area (Å²) < 4.78 is 5.37. The van der Waals surface area contributed by atoms with Gasteiger partial charge in [0.2, 0.25) is 0 Å². The molecule has 0 unspecified atom stereocenters. The minimum atomic E-state index is 0. The van der Waals surface area contributed by atoms with Crippen LogP contribution in [0.1, 0.15) is 26.7 Å². The Morgan fingerprint density at radius 1 is 1.44 bits per heavy atom. The normalized spacial score (nSPS) is 17.4. The van der Waals surface area contributed by atoms with Crippen LogP contribution in [-0.2, 0) is 4.74 Å². The fraction of sp³-hybridized carbons (Fsp3) is 0.769. The molecule has 0 aromatic heterocycles. The second-order valence-corrected chi connectivity index (χ2v) is 4.92. The largest absolute Gasteiger partial charge is 0.375 e. The van der Waals surface area contributed by atoms with Gasteiger partial charge in [0.25, 0.3) is 0 Å². The maximum absolute atomic E-state index is 5.94. The number of guanidine groups is 1. The van der Waals surface area contributed by atoms with Gasteiger partial charge in [0, 0.05) is 13.1 Å². The standard InChI is InChI=1S/C13H25N3O.HI/c1-11(2)10-17-9-6-15-13(14)16-7-4-12(3)5-8-16;/h12H,1,4-10H2,2-3H3,(H2,14,15);1H. The second-order valence-electron chi connectivity index (χ2n) is 4.92. The van der Waals surface area contributed by atoms with E-state index in [2.05, 4.69) is 23.4 Å². The average molecular weight is 367 g/mol. The van der Waals surface area contributed by atoms with Crippen molar-refractivity contribution in [3.63, 3.8) is 0 Å². The van der Waals surface area contributed by atoms with E-state index in [0.29, 0.717) is 25.7 Å². The molecule has 0 aromatic rings. The third-order valence-corrected chi connectivity index (χ3v) is 2.97. The topological polar surface area (TPSA) is 50.9 Å². The minimum absolute atomic E-state index is 0. The second kappa shape index (κ2) is 9.61. The van der Waals surface area contributed by atoms with E-state index >= 15 is 0 Å². The lowest BCUT2D eigenvalue weighted by atomic mass is 10.00. The molecule has 1 aliphatic rings. The highest BCUT2D eigenvalue weighted by Gasteiger charge is 2.16. The van der Waals surface area contributed by atoms with E-state index < -0.39 is 0 Å². The summed E-state index contributed by atoms with van der Waals surface area (Å²) in [4.78, 5) is 6.50. The Kier molecular flexibility index (Phi) is 9.45. The van der Waals surface area contributed by atoms with E-state index in [1.54, 1.807) is 0 Å². The molecule has 0 spiro atoms. The molecular formula is C13H26IN3O. The number of aliphatic imine (C=N–C) groups is 1. The van der Waals surface area contributed by atoms with Crippen molar-refractivity contribution in [3.8, 4) is 0 Å². The van der Waals surface area contributed by atoms with Crippen molar-refractivity contribution in [1.82, 2.24) is 4.90 Å². The van der Waals surface area contributed by atoms with Crippen LogP contribution in [-0.4, -0.2) is 43.7 Å². The first kappa shape index (κ1) is 17.7. The van der Waals surface area contributed by atoms with Crippen LogP contribution in [0.15, 0.2) is 17.1 Å². The van der Waals surface area contributed by atoms with Gasteiger partial charge < -0.3 is 15.4 Å². The van der Waals surface area contributed by atoms with Crippen LogP contribution in [0.25, 0.3) is 0 Å². The van der Waals surface area contributed by atoms with Gasteiger partial charge in [-0.1, -0.05) is 19.1 Å². The first-order valence-corrected chi connectivity index (χ1v) is 6.36. The Labute approximate surface area is 128 Å². The highest BCUT2D eigenvalue weighted by Crippen LogP contribution is 2.15. The number of rotatable bonds is 5. The quantitative estimate of drug-likeness (QED) is 0.267. The molecule has 106 valence electrons. The first-order valence-electron chi connectivity index (χ1n) is 6.36. The zero-order valence-corrected chi connectivity index (χ0v) is 13.9. The van der Waals surface area contributed by atoms with Gasteiger partial charge in [-0.15, -0.1) is 24.0 Å². The fourth-order valence-electron chi connectivity index (χ4n) is 1.81. The zero-order chi connectivity index (χ0) is 12.7. The van der Waals surface area contributed by atoms with Crippen LogP contribution < -0.4 is 5.73 Å². The van der Waals surface area contributed by atoms with E-state index in [0.717, 1.165) is 24.6 Å². The van der Waals surface area contributed by atoms with Crippen molar-refractivity contribution in [2.75, 3.05) is 32.8 Å². The molecule has 0 amide bonds. The van der Waals surface area contributed by atoms with E-state index in [-0.39, 0.29) is 24.0 Å². The van der Waals surface area contributed by atoms with E-state index in [1.807, 2.05) is 6.92 Å². The number of nitrogens with zero attached hydrogens (tertiary/aromatic N) is 2. The third kappa shape index (κ3) is 7.20. The van der Waals surface area contributed by atoms with Gasteiger partial charge in [-0.25, -0.2) is 0 Å². The Balaban J connectivity index is 0.00000289. The summed E-state index contributed by atoms with van der Waals surface area (Å²) in [5.41, 5.74) is 6.97. The highest BCUT2D eigenvalue weighted by molar-refractivity contribution is 14.0. The van der Waals surface area contributed by atoms with Gasteiger partial charge in [-0.2, -0.15) is 0 Å². The van der Waals surface area contributed by atoms with E-state index in [1.165, 1.54) is 12.8 Å². The Hall–Kier alpha value is -0.300. The molecule has 1 saturated heterocycles. The lowest BCUT2D eigenvalue weighted by Crippen LogP contribution is -2.42. The number of halogens is 1. The molecular weight excluding hydrogens is 341 g/mol. The number of piperidine rings is 1. The van der Waals surface area contributed by atoms with Crippen LogP contribution >= 0.6 is 24.0 Å². The SMILES string of the molecule is C=C(C)COCCN=C(N)N1CCC(C)CC1.I. The summed E-state index contributed by atoms with van der Waals surface area (Å²) in [6.07, 6.45) is 2.42. The van der Waals surface area contributed by atoms with Gasteiger partial charge in [-0.05, 0) is 25.7 Å². The zero-order valence-electron chi connectivity index (χ0n) is 11.5. The highest BCUT2D eigenvalue weighted by atomic mass is 127. The smallest absolute Gasteiger partial charge is 0.191 e. The van der Waals surface area contributed by atoms with Gasteiger partial charge in [0.1, 0.15) is 0 Å². The molecule has 2 N–H and O–H groups in total. The number of hydrogen-bond donors (Lipinski definition) is 1. The number of likely N-dealkylation sites (tertiary alicyclic amines) is 1. The molecule has 0 atom stereocenters. The van der Waals surface area contributed by atoms with Crippen molar-refractivity contribution in [2.24, 2.45) is 16.6 Å². The van der Waals surface area contributed by atoms with Gasteiger partial charge in [0.15, 0.2) is 5.96 Å². The van der Waals surface area contributed by atoms with Crippen LogP contribution in [0, 0.1) is 5.92 Å². The third-order valence-electron chi connectivity index (χ3n) is 2.97. The van der Waals surface area contributed by atoms with Crippen molar-refractivity contribution in [1.29, 1.82) is 0 Å². The van der Waals surface area contributed by atoms with Gasteiger partial charge in [0.05, 0.1) is 19.8 Å². The molecule has 1 heterocycles. The van der Waals surface area contributed by atoms with Crippen LogP contribution in [0.2, 0.25) is 0 Å². The van der Waals surface area contributed by atoms with Crippen LogP contribution in [0.3, 0.4) is 0 Å². The molecule has 0 aromatic carbocycles. The Bertz CT molecular complexity index is 273. The molecule has 0 saturated carbocycles. The van der Waals surface area contributed by atoms with Gasteiger partial charge >= 0.3 is 0 Å². The molecule has 5 heteroatoms. The van der Waals surface area contributed by atoms with Gasteiger partial charge in [-0.3, -0.25) is 4.99 Å². The van der Waals surface area contributed by atoms with Crippen LogP contribution in [0.5, 0.6) is 0 Å². The van der Waals surface area contributed by atoms with Crippen LogP contribution in [0.4, 0.5) is 0 Å². The summed E-state index contributed by atoms with van der Waals surface area (Å²) in [7, 11) is 0. The summed E-state index contributed by atoms with van der Waals surface area (Å²) in [6, 6.07) is 0. The number of ether oxygens (including phenoxy) is 1. The molecule has 1 rings (SSSR count). The number of nitrogens with two attached hydrogens (primary N) is 1.